The van der Waals surface area contributed by atoms with Crippen LogP contribution in [0, 0.1) is 0 Å². The van der Waals surface area contributed by atoms with Crippen LogP contribution in [0.1, 0.15) is 12.8 Å². The SMILES string of the molecule is C[N+](C)(C)CC(O)CC(=O)[O-].OCCCO. The van der Waals surface area contributed by atoms with E-state index in [0.717, 1.165) is 0 Å². The number of aliphatic carboxylic acids is 1. The molecule has 0 bridgehead atoms. The number of carbonyl (C=O) groups is 1. The highest BCUT2D eigenvalue weighted by atomic mass is 16.4. The van der Waals surface area contributed by atoms with E-state index in [1.807, 2.05) is 21.1 Å². The first-order valence-electron chi connectivity index (χ1n) is 5.13. The van der Waals surface area contributed by atoms with Crippen molar-refractivity contribution in [1.29, 1.82) is 0 Å². The molecule has 0 radical (unpaired) electrons. The maximum absolute atomic E-state index is 10.0. The van der Waals surface area contributed by atoms with E-state index in [1.54, 1.807) is 0 Å². The molecular formula is C10H23NO5. The first-order valence-corrected chi connectivity index (χ1v) is 5.13. The number of carboxylic acids is 1. The van der Waals surface area contributed by atoms with Gasteiger partial charge in [-0.05, 0) is 6.42 Å². The summed E-state index contributed by atoms with van der Waals surface area (Å²) in [6.07, 6.45) is -0.588. The Hall–Kier alpha value is -0.690. The molecule has 1 unspecified atom stereocenters. The lowest BCUT2D eigenvalue weighted by Gasteiger charge is -2.26. The van der Waals surface area contributed by atoms with E-state index < -0.39 is 12.1 Å². The molecule has 0 heterocycles. The molecule has 0 aliphatic rings. The highest BCUT2D eigenvalue weighted by molar-refractivity contribution is 5.64. The van der Waals surface area contributed by atoms with Gasteiger partial charge in [-0.3, -0.25) is 0 Å². The Kier molecular flexibility index (Phi) is 10.5. The number of likely N-dealkylation sites (N-methyl/N-ethyl adjacent to an activating group) is 1. The van der Waals surface area contributed by atoms with Crippen molar-refractivity contribution in [2.45, 2.75) is 18.9 Å². The van der Waals surface area contributed by atoms with Crippen LogP contribution in [-0.2, 0) is 4.79 Å². The minimum absolute atomic E-state index is 0.0938. The minimum Gasteiger partial charge on any atom is -0.550 e. The molecule has 1 atom stereocenters. The van der Waals surface area contributed by atoms with E-state index in [2.05, 4.69) is 0 Å². The highest BCUT2D eigenvalue weighted by Gasteiger charge is 2.14. The van der Waals surface area contributed by atoms with E-state index in [9.17, 15) is 9.90 Å². The van der Waals surface area contributed by atoms with Gasteiger partial charge in [0.1, 0.15) is 12.6 Å². The van der Waals surface area contributed by atoms with Crippen molar-refractivity contribution in [1.82, 2.24) is 0 Å². The van der Waals surface area contributed by atoms with Gasteiger partial charge < -0.3 is 29.7 Å². The summed E-state index contributed by atoms with van der Waals surface area (Å²) in [7, 11) is 5.66. The van der Waals surface area contributed by atoms with Gasteiger partial charge in [-0.1, -0.05) is 0 Å². The molecule has 0 aromatic rings. The van der Waals surface area contributed by atoms with Gasteiger partial charge in [-0.2, -0.15) is 0 Å². The van der Waals surface area contributed by atoms with Crippen LogP contribution in [0.5, 0.6) is 0 Å². The number of aliphatic hydroxyl groups excluding tert-OH is 3. The van der Waals surface area contributed by atoms with Crippen LogP contribution < -0.4 is 5.11 Å². The fourth-order valence-corrected chi connectivity index (χ4v) is 0.960. The second-order valence-corrected chi connectivity index (χ2v) is 4.50. The lowest BCUT2D eigenvalue weighted by Crippen LogP contribution is -2.43. The first-order chi connectivity index (χ1) is 7.22. The summed E-state index contributed by atoms with van der Waals surface area (Å²) in [5, 5.41) is 34.9. The molecule has 98 valence electrons. The number of rotatable bonds is 6. The summed E-state index contributed by atoms with van der Waals surface area (Å²) in [6.45, 7) is 0.612. The second-order valence-electron chi connectivity index (χ2n) is 4.50. The quantitative estimate of drug-likeness (QED) is 0.445. The van der Waals surface area contributed by atoms with Crippen LogP contribution in [0.2, 0.25) is 0 Å². The number of hydrogen-bond acceptors (Lipinski definition) is 5. The summed E-state index contributed by atoms with van der Waals surface area (Å²) in [5.74, 6) is -1.20. The summed E-state index contributed by atoms with van der Waals surface area (Å²) in [5.41, 5.74) is 0. The van der Waals surface area contributed by atoms with Crippen molar-refractivity contribution in [3.8, 4) is 0 Å². The normalized spacial score (nSPS) is 12.6. The molecule has 6 nitrogen and oxygen atoms in total. The maximum Gasteiger partial charge on any atom is 0.108 e. The summed E-state index contributed by atoms with van der Waals surface area (Å²) < 4.78 is 0.550. The number of quaternary nitrogens is 1. The fourth-order valence-electron chi connectivity index (χ4n) is 0.960. The third kappa shape index (κ3) is 19.0. The van der Waals surface area contributed by atoms with Gasteiger partial charge in [0.2, 0.25) is 0 Å². The van der Waals surface area contributed by atoms with Gasteiger partial charge >= 0.3 is 0 Å². The van der Waals surface area contributed by atoms with Crippen LogP contribution in [0.4, 0.5) is 0 Å². The number of nitrogens with zero attached hydrogens (tertiary/aromatic N) is 1. The zero-order chi connectivity index (χ0) is 13.2. The van der Waals surface area contributed by atoms with Crippen LogP contribution in [0.3, 0.4) is 0 Å². The lowest BCUT2D eigenvalue weighted by atomic mass is 10.2. The summed E-state index contributed by atoms with van der Waals surface area (Å²) in [4.78, 5) is 10.0. The van der Waals surface area contributed by atoms with Gasteiger partial charge in [0, 0.05) is 25.6 Å². The third-order valence-corrected chi connectivity index (χ3v) is 1.48. The minimum atomic E-state index is -1.20. The molecular weight excluding hydrogens is 214 g/mol. The molecule has 0 fully saturated rings. The van der Waals surface area contributed by atoms with Crippen molar-refractivity contribution >= 4 is 5.97 Å². The monoisotopic (exact) mass is 237 g/mol. The molecule has 0 aromatic carbocycles. The van der Waals surface area contributed by atoms with E-state index in [-0.39, 0.29) is 19.6 Å². The molecule has 0 amide bonds. The van der Waals surface area contributed by atoms with E-state index in [1.165, 1.54) is 0 Å². The number of hydrogen-bond donors (Lipinski definition) is 3. The van der Waals surface area contributed by atoms with Gasteiger partial charge in [0.25, 0.3) is 0 Å². The van der Waals surface area contributed by atoms with Gasteiger partial charge in [0.15, 0.2) is 0 Å². The Balaban J connectivity index is 0. The van der Waals surface area contributed by atoms with Crippen molar-refractivity contribution in [2.24, 2.45) is 0 Å². The van der Waals surface area contributed by atoms with Crippen LogP contribution >= 0.6 is 0 Å². The standard InChI is InChI=1S/C7H15NO3.C3H8O2/c1-8(2,3)5-6(9)4-7(10)11;4-2-1-3-5/h6,9H,4-5H2,1-3H3;4-5H,1-3H2. The highest BCUT2D eigenvalue weighted by Crippen LogP contribution is 1.97. The van der Waals surface area contributed by atoms with E-state index in [4.69, 9.17) is 15.3 Å². The molecule has 16 heavy (non-hydrogen) atoms. The Morgan fingerprint density at radius 1 is 1.25 bits per heavy atom. The van der Waals surface area contributed by atoms with Crippen LogP contribution in [0.15, 0.2) is 0 Å². The van der Waals surface area contributed by atoms with E-state index >= 15 is 0 Å². The Labute approximate surface area is 96.3 Å². The van der Waals surface area contributed by atoms with Crippen molar-refractivity contribution in [3.63, 3.8) is 0 Å². The van der Waals surface area contributed by atoms with Gasteiger partial charge in [-0.15, -0.1) is 0 Å². The van der Waals surface area contributed by atoms with Gasteiger partial charge in [0.05, 0.1) is 21.1 Å². The Morgan fingerprint density at radius 3 is 1.88 bits per heavy atom. The van der Waals surface area contributed by atoms with E-state index in [0.29, 0.717) is 17.4 Å². The van der Waals surface area contributed by atoms with Crippen molar-refractivity contribution in [2.75, 3.05) is 40.9 Å². The topological polar surface area (TPSA) is 101 Å². The predicted octanol–water partition coefficient (Wildman–Crippen LogP) is -2.45. The number of carbonyl (C=O) groups excluding carboxylic acids is 1. The molecule has 0 aliphatic heterocycles. The predicted molar refractivity (Wildman–Crippen MR) is 57.3 cm³/mol. The number of aliphatic hydroxyl groups is 3. The van der Waals surface area contributed by atoms with Crippen molar-refractivity contribution in [3.05, 3.63) is 0 Å². The summed E-state index contributed by atoms with van der Waals surface area (Å²) >= 11 is 0. The first kappa shape index (κ1) is 17.7. The zero-order valence-corrected chi connectivity index (χ0v) is 10.2. The Morgan fingerprint density at radius 2 is 1.69 bits per heavy atom. The molecule has 0 aliphatic carbocycles. The average Bonchev–Trinajstić information content (AvgIpc) is 2.00. The van der Waals surface area contributed by atoms with Crippen LogP contribution in [-0.4, -0.2) is 72.8 Å². The fraction of sp³-hybridized carbons (Fsp3) is 0.900. The molecule has 6 heteroatoms. The molecule has 0 aromatic heterocycles. The third-order valence-electron chi connectivity index (χ3n) is 1.48. The average molecular weight is 237 g/mol. The van der Waals surface area contributed by atoms with Crippen LogP contribution in [0.25, 0.3) is 0 Å². The Bertz CT molecular complexity index is 177. The molecule has 3 N–H and O–H groups in total. The molecule has 0 saturated carbocycles. The van der Waals surface area contributed by atoms with Gasteiger partial charge in [-0.25, -0.2) is 0 Å². The maximum atomic E-state index is 10.0. The number of carboxylic acid groups (broad SMARTS) is 1. The lowest BCUT2D eigenvalue weighted by molar-refractivity contribution is -0.873. The molecule has 0 spiro atoms. The summed E-state index contributed by atoms with van der Waals surface area (Å²) in [6, 6.07) is 0. The zero-order valence-electron chi connectivity index (χ0n) is 10.2. The molecule has 0 rings (SSSR count). The molecule has 0 saturated heterocycles. The smallest absolute Gasteiger partial charge is 0.108 e. The largest absolute Gasteiger partial charge is 0.550 e. The second kappa shape index (κ2) is 9.53. The van der Waals surface area contributed by atoms with Crippen molar-refractivity contribution < 1.29 is 29.7 Å².